The first kappa shape index (κ1) is 12.5. The van der Waals surface area contributed by atoms with Crippen LogP contribution in [0.25, 0.3) is 0 Å². The number of hydrogen-bond donors (Lipinski definition) is 1. The Kier molecular flexibility index (Phi) is 5.14. The van der Waals surface area contributed by atoms with Crippen LogP contribution in [0.4, 0.5) is 4.39 Å². The van der Waals surface area contributed by atoms with Crippen LogP contribution < -0.4 is 5.32 Å². The lowest BCUT2D eigenvalue weighted by molar-refractivity contribution is 0.171. The van der Waals surface area contributed by atoms with Gasteiger partial charge in [0.15, 0.2) is 0 Å². The molecule has 0 fully saturated rings. The van der Waals surface area contributed by atoms with E-state index in [0.29, 0.717) is 23.3 Å². The van der Waals surface area contributed by atoms with Crippen LogP contribution in [0.3, 0.4) is 0 Å². The number of ether oxygens (including phenoxy) is 1. The zero-order chi connectivity index (χ0) is 11.3. The zero-order valence-corrected chi connectivity index (χ0v) is 10.3. The van der Waals surface area contributed by atoms with Gasteiger partial charge in [-0.2, -0.15) is 0 Å². The zero-order valence-electron chi connectivity index (χ0n) is 8.76. The van der Waals surface area contributed by atoms with E-state index in [1.165, 1.54) is 6.07 Å². The summed E-state index contributed by atoms with van der Waals surface area (Å²) in [7, 11) is 1.64. The van der Waals surface area contributed by atoms with Crippen molar-refractivity contribution in [2.45, 2.75) is 19.5 Å². The first-order chi connectivity index (χ1) is 7.13. The Hall–Kier alpha value is -0.520. The van der Waals surface area contributed by atoms with E-state index in [-0.39, 0.29) is 11.9 Å². The molecule has 0 bridgehead atoms. The Morgan fingerprint density at radius 2 is 2.40 bits per heavy atom. The normalized spacial score (nSPS) is 12.8. The number of halogens is 2. The molecule has 5 heteroatoms. The summed E-state index contributed by atoms with van der Waals surface area (Å²) in [6, 6.07) is 1.59. The van der Waals surface area contributed by atoms with Gasteiger partial charge in [0.05, 0.1) is 12.3 Å². The molecule has 0 aliphatic rings. The minimum absolute atomic E-state index is 0.180. The Labute approximate surface area is 97.2 Å². The molecule has 84 valence electrons. The fourth-order valence-electron chi connectivity index (χ4n) is 1.15. The standard InChI is InChI=1S/C10H14BrFN2O/c1-7(6-15-2)13-5-10-9(12)3-8(11)4-14-10/h3-4,7,13H,5-6H2,1-2H3. The Morgan fingerprint density at radius 3 is 3.00 bits per heavy atom. The number of nitrogens with one attached hydrogen (secondary N) is 1. The van der Waals surface area contributed by atoms with Crippen molar-refractivity contribution in [3.05, 3.63) is 28.2 Å². The first-order valence-electron chi connectivity index (χ1n) is 4.65. The molecule has 15 heavy (non-hydrogen) atoms. The number of rotatable bonds is 5. The van der Waals surface area contributed by atoms with Crippen LogP contribution in [0.5, 0.6) is 0 Å². The van der Waals surface area contributed by atoms with E-state index in [9.17, 15) is 4.39 Å². The van der Waals surface area contributed by atoms with E-state index in [1.54, 1.807) is 13.3 Å². The lowest BCUT2D eigenvalue weighted by Crippen LogP contribution is -2.30. The summed E-state index contributed by atoms with van der Waals surface area (Å²) in [5, 5.41) is 3.12. The molecule has 0 saturated heterocycles. The van der Waals surface area contributed by atoms with E-state index in [0.717, 1.165) is 0 Å². The maximum Gasteiger partial charge on any atom is 0.147 e. The maximum atomic E-state index is 13.3. The second-order valence-electron chi connectivity index (χ2n) is 3.32. The Balaban J connectivity index is 2.50. The quantitative estimate of drug-likeness (QED) is 0.895. The molecule has 1 heterocycles. The molecule has 3 nitrogen and oxygen atoms in total. The monoisotopic (exact) mass is 276 g/mol. The number of methoxy groups -OCH3 is 1. The third kappa shape index (κ3) is 4.24. The fourth-order valence-corrected chi connectivity index (χ4v) is 1.46. The summed E-state index contributed by atoms with van der Waals surface area (Å²) in [4.78, 5) is 3.98. The van der Waals surface area contributed by atoms with Gasteiger partial charge in [0.2, 0.25) is 0 Å². The van der Waals surface area contributed by atoms with Gasteiger partial charge in [-0.25, -0.2) is 4.39 Å². The summed E-state index contributed by atoms with van der Waals surface area (Å²) < 4.78 is 18.9. The topological polar surface area (TPSA) is 34.1 Å². The molecule has 1 rings (SSSR count). The largest absolute Gasteiger partial charge is 0.383 e. The lowest BCUT2D eigenvalue weighted by Gasteiger charge is -2.12. The third-order valence-electron chi connectivity index (χ3n) is 1.92. The average molecular weight is 277 g/mol. The molecule has 0 radical (unpaired) electrons. The molecular formula is C10H14BrFN2O. The lowest BCUT2D eigenvalue weighted by atomic mass is 10.3. The first-order valence-corrected chi connectivity index (χ1v) is 5.45. The highest BCUT2D eigenvalue weighted by molar-refractivity contribution is 9.10. The number of nitrogens with zero attached hydrogens (tertiary/aromatic N) is 1. The SMILES string of the molecule is COCC(C)NCc1ncc(Br)cc1F. The van der Waals surface area contributed by atoms with Crippen LogP contribution in [0.1, 0.15) is 12.6 Å². The van der Waals surface area contributed by atoms with Gasteiger partial charge < -0.3 is 10.1 Å². The van der Waals surface area contributed by atoms with Gasteiger partial charge in [-0.1, -0.05) is 0 Å². The van der Waals surface area contributed by atoms with Gasteiger partial charge in [0.25, 0.3) is 0 Å². The smallest absolute Gasteiger partial charge is 0.147 e. The predicted octanol–water partition coefficient (Wildman–Crippen LogP) is 2.11. The molecule has 0 aliphatic heterocycles. The van der Waals surface area contributed by atoms with E-state index >= 15 is 0 Å². The molecule has 1 unspecified atom stereocenters. The molecule has 0 aromatic carbocycles. The molecular weight excluding hydrogens is 263 g/mol. The van der Waals surface area contributed by atoms with E-state index in [4.69, 9.17) is 4.74 Å². The minimum Gasteiger partial charge on any atom is -0.383 e. The van der Waals surface area contributed by atoms with Crippen molar-refractivity contribution < 1.29 is 9.13 Å². The summed E-state index contributed by atoms with van der Waals surface area (Å²) in [5.41, 5.74) is 0.418. The summed E-state index contributed by atoms with van der Waals surface area (Å²) in [5.74, 6) is -0.304. The number of aromatic nitrogens is 1. The predicted molar refractivity (Wildman–Crippen MR) is 60.1 cm³/mol. The van der Waals surface area contributed by atoms with Crippen molar-refractivity contribution in [3.8, 4) is 0 Å². The molecule has 1 N–H and O–H groups in total. The summed E-state index contributed by atoms with van der Waals surface area (Å²) in [6.07, 6.45) is 1.58. The van der Waals surface area contributed by atoms with Crippen molar-refractivity contribution in [2.75, 3.05) is 13.7 Å². The van der Waals surface area contributed by atoms with Crippen molar-refractivity contribution >= 4 is 15.9 Å². The highest BCUT2D eigenvalue weighted by Gasteiger charge is 2.06. The Morgan fingerprint density at radius 1 is 1.67 bits per heavy atom. The van der Waals surface area contributed by atoms with E-state index in [1.807, 2.05) is 6.92 Å². The van der Waals surface area contributed by atoms with Gasteiger partial charge in [-0.15, -0.1) is 0 Å². The summed E-state index contributed by atoms with van der Waals surface area (Å²) >= 11 is 3.16. The van der Waals surface area contributed by atoms with Crippen LogP contribution in [-0.2, 0) is 11.3 Å². The molecule has 0 aliphatic carbocycles. The second kappa shape index (κ2) is 6.15. The van der Waals surface area contributed by atoms with Gasteiger partial charge in [-0.3, -0.25) is 4.98 Å². The molecule has 1 atom stereocenters. The second-order valence-corrected chi connectivity index (χ2v) is 4.24. The highest BCUT2D eigenvalue weighted by atomic mass is 79.9. The van der Waals surface area contributed by atoms with Crippen molar-refractivity contribution in [3.63, 3.8) is 0 Å². The third-order valence-corrected chi connectivity index (χ3v) is 2.35. The average Bonchev–Trinajstić information content (AvgIpc) is 2.17. The number of hydrogen-bond acceptors (Lipinski definition) is 3. The van der Waals surface area contributed by atoms with Gasteiger partial charge in [0, 0.05) is 30.4 Å². The maximum absolute atomic E-state index is 13.3. The summed E-state index contributed by atoms with van der Waals surface area (Å²) in [6.45, 7) is 2.97. The van der Waals surface area contributed by atoms with Gasteiger partial charge >= 0.3 is 0 Å². The van der Waals surface area contributed by atoms with Crippen LogP contribution in [0.15, 0.2) is 16.7 Å². The highest BCUT2D eigenvalue weighted by Crippen LogP contribution is 2.12. The fraction of sp³-hybridized carbons (Fsp3) is 0.500. The molecule has 0 saturated carbocycles. The molecule has 1 aromatic rings. The molecule has 0 spiro atoms. The van der Waals surface area contributed by atoms with Crippen LogP contribution >= 0.6 is 15.9 Å². The van der Waals surface area contributed by atoms with Crippen LogP contribution in [0.2, 0.25) is 0 Å². The van der Waals surface area contributed by atoms with Crippen molar-refractivity contribution in [1.29, 1.82) is 0 Å². The van der Waals surface area contributed by atoms with E-state index < -0.39 is 0 Å². The molecule has 1 aromatic heterocycles. The molecule has 0 amide bonds. The van der Waals surface area contributed by atoms with Crippen molar-refractivity contribution in [1.82, 2.24) is 10.3 Å². The Bertz CT molecular complexity index is 322. The number of pyridine rings is 1. The van der Waals surface area contributed by atoms with E-state index in [2.05, 4.69) is 26.2 Å². The van der Waals surface area contributed by atoms with Gasteiger partial charge in [-0.05, 0) is 28.9 Å². The van der Waals surface area contributed by atoms with Crippen LogP contribution in [0, 0.1) is 5.82 Å². The van der Waals surface area contributed by atoms with Crippen molar-refractivity contribution in [2.24, 2.45) is 0 Å². The van der Waals surface area contributed by atoms with Crippen LogP contribution in [-0.4, -0.2) is 24.7 Å². The van der Waals surface area contributed by atoms with Gasteiger partial charge in [0.1, 0.15) is 5.82 Å². The minimum atomic E-state index is -0.304.